The first-order chi connectivity index (χ1) is 10.6. The van der Waals surface area contributed by atoms with E-state index in [-0.39, 0.29) is 0 Å². The summed E-state index contributed by atoms with van der Waals surface area (Å²) in [5, 5.41) is 0. The minimum Gasteiger partial charge on any atom is -0.138 e. The highest BCUT2D eigenvalue weighted by Gasteiger charge is 2.08. The molecule has 22 heavy (non-hydrogen) atoms. The quantitative estimate of drug-likeness (QED) is 0.198. The fraction of sp³-hybridized carbons (Fsp3) is 1.00. The van der Waals surface area contributed by atoms with Gasteiger partial charge in [-0.05, 0) is 24.4 Å². The molecule has 0 aromatic rings. The lowest BCUT2D eigenvalue weighted by Gasteiger charge is -2.17. The van der Waals surface area contributed by atoms with E-state index in [4.69, 9.17) is 0 Å². The average molecular weight is 329 g/mol. The van der Waals surface area contributed by atoms with Crippen LogP contribution in [0.3, 0.4) is 0 Å². The summed E-state index contributed by atoms with van der Waals surface area (Å²) in [4.78, 5) is 0. The van der Waals surface area contributed by atoms with Crippen molar-refractivity contribution >= 4 is 9.24 Å². The van der Waals surface area contributed by atoms with Gasteiger partial charge in [0, 0.05) is 0 Å². The van der Waals surface area contributed by atoms with E-state index in [1.54, 1.807) is 0 Å². The predicted octanol–water partition coefficient (Wildman–Crippen LogP) is 8.15. The zero-order chi connectivity index (χ0) is 16.5. The van der Waals surface area contributed by atoms with Crippen LogP contribution in [0, 0.1) is 5.41 Å². The van der Waals surface area contributed by atoms with Gasteiger partial charge in [0.2, 0.25) is 0 Å². The first kappa shape index (κ1) is 22.4. The maximum atomic E-state index is 2.83. The van der Waals surface area contributed by atoms with Crippen molar-refractivity contribution < 1.29 is 0 Å². The summed E-state index contributed by atoms with van der Waals surface area (Å²) in [5.74, 6) is 0. The fourth-order valence-electron chi connectivity index (χ4n) is 3.10. The molecule has 0 aromatic carbocycles. The molecular weight excluding hydrogens is 283 g/mol. The van der Waals surface area contributed by atoms with E-state index in [1.807, 2.05) is 0 Å². The van der Waals surface area contributed by atoms with Crippen molar-refractivity contribution in [2.24, 2.45) is 5.41 Å². The van der Waals surface area contributed by atoms with E-state index in [2.05, 4.69) is 30.0 Å². The Hall–Kier alpha value is 0.430. The zero-order valence-electron chi connectivity index (χ0n) is 16.1. The Balaban J connectivity index is 3.00. The van der Waals surface area contributed by atoms with E-state index in [0.29, 0.717) is 5.41 Å². The smallest absolute Gasteiger partial charge is 0.0381 e. The van der Waals surface area contributed by atoms with Crippen LogP contribution < -0.4 is 0 Å². The summed E-state index contributed by atoms with van der Waals surface area (Å²) >= 11 is 0. The molecule has 0 aromatic heterocycles. The van der Waals surface area contributed by atoms with Crippen LogP contribution in [0.2, 0.25) is 0 Å². The van der Waals surface area contributed by atoms with Crippen molar-refractivity contribution in [1.82, 2.24) is 0 Å². The third-order valence-corrected chi connectivity index (χ3v) is 5.04. The van der Waals surface area contributed by atoms with E-state index in [9.17, 15) is 0 Å². The minimum atomic E-state index is 0.537. The Labute approximate surface area is 144 Å². The molecule has 1 heteroatoms. The Bertz CT molecular complexity index is 204. The topological polar surface area (TPSA) is 0 Å². The van der Waals surface area contributed by atoms with Gasteiger partial charge in [-0.15, -0.1) is 9.24 Å². The van der Waals surface area contributed by atoms with Gasteiger partial charge in [0.05, 0.1) is 0 Å². The molecule has 0 radical (unpaired) electrons. The van der Waals surface area contributed by atoms with Gasteiger partial charge in [0.1, 0.15) is 0 Å². The Morgan fingerprint density at radius 1 is 0.455 bits per heavy atom. The SMILES string of the molecule is CC(C)(C)CCCCCCCCCCCCCCCCCP. The van der Waals surface area contributed by atoms with Crippen molar-refractivity contribution in [1.29, 1.82) is 0 Å². The second-order valence-corrected chi connectivity index (χ2v) is 8.98. The van der Waals surface area contributed by atoms with Gasteiger partial charge in [-0.25, -0.2) is 0 Å². The summed E-state index contributed by atoms with van der Waals surface area (Å²) in [6.07, 6.45) is 24.6. The van der Waals surface area contributed by atoms with Crippen LogP contribution in [0.5, 0.6) is 0 Å². The van der Waals surface area contributed by atoms with Crippen LogP contribution in [0.1, 0.15) is 124 Å². The highest BCUT2D eigenvalue weighted by molar-refractivity contribution is 7.16. The molecule has 0 rings (SSSR count). The van der Waals surface area contributed by atoms with E-state index >= 15 is 0 Å². The van der Waals surface area contributed by atoms with Crippen molar-refractivity contribution in [3.8, 4) is 0 Å². The summed E-state index contributed by atoms with van der Waals surface area (Å²) in [6, 6.07) is 0. The molecule has 0 spiro atoms. The van der Waals surface area contributed by atoms with Crippen LogP contribution in [0.15, 0.2) is 0 Å². The maximum absolute atomic E-state index is 2.83. The van der Waals surface area contributed by atoms with Gasteiger partial charge in [-0.2, -0.15) is 0 Å². The minimum absolute atomic E-state index is 0.537. The number of rotatable bonds is 16. The molecule has 0 bridgehead atoms. The van der Waals surface area contributed by atoms with Crippen molar-refractivity contribution in [2.45, 2.75) is 124 Å². The molecule has 0 aliphatic rings. The number of hydrogen-bond donors (Lipinski definition) is 0. The molecular formula is C21H45P. The lowest BCUT2D eigenvalue weighted by atomic mass is 9.89. The van der Waals surface area contributed by atoms with Crippen molar-refractivity contribution in [2.75, 3.05) is 6.16 Å². The van der Waals surface area contributed by atoms with Gasteiger partial charge in [-0.1, -0.05) is 111 Å². The molecule has 134 valence electrons. The normalized spacial score (nSPS) is 12.0. The molecule has 0 heterocycles. The van der Waals surface area contributed by atoms with Gasteiger partial charge in [0.25, 0.3) is 0 Å². The number of hydrogen-bond acceptors (Lipinski definition) is 0. The summed E-state index contributed by atoms with van der Waals surface area (Å²) in [7, 11) is 2.83. The maximum Gasteiger partial charge on any atom is -0.0381 e. The molecule has 0 aliphatic heterocycles. The van der Waals surface area contributed by atoms with Gasteiger partial charge in [-0.3, -0.25) is 0 Å². The lowest BCUT2D eigenvalue weighted by molar-refractivity contribution is 0.356. The largest absolute Gasteiger partial charge is 0.138 e. The fourth-order valence-corrected chi connectivity index (χ4v) is 3.39. The standard InChI is InChI=1S/C21H45P/c1-21(2,3)19-17-15-13-11-9-7-5-4-6-8-10-12-14-16-18-20-22/h4-20,22H2,1-3H3. The molecule has 0 aliphatic carbocycles. The molecule has 0 fully saturated rings. The zero-order valence-corrected chi connectivity index (χ0v) is 17.3. The van der Waals surface area contributed by atoms with Crippen LogP contribution in [-0.4, -0.2) is 6.16 Å². The second-order valence-electron chi connectivity index (χ2n) is 8.40. The van der Waals surface area contributed by atoms with Gasteiger partial charge >= 0.3 is 0 Å². The molecule has 0 amide bonds. The Morgan fingerprint density at radius 2 is 0.727 bits per heavy atom. The second kappa shape index (κ2) is 16.3. The van der Waals surface area contributed by atoms with E-state index in [0.717, 1.165) is 0 Å². The average Bonchev–Trinajstić information content (AvgIpc) is 2.45. The summed E-state index contributed by atoms with van der Waals surface area (Å²) in [6.45, 7) is 7.08. The molecule has 1 unspecified atom stereocenters. The molecule has 0 N–H and O–H groups in total. The van der Waals surface area contributed by atoms with Gasteiger partial charge in [0.15, 0.2) is 0 Å². The molecule has 0 saturated heterocycles. The summed E-state index contributed by atoms with van der Waals surface area (Å²) in [5.41, 5.74) is 0.537. The Morgan fingerprint density at radius 3 is 1.00 bits per heavy atom. The predicted molar refractivity (Wildman–Crippen MR) is 108 cm³/mol. The van der Waals surface area contributed by atoms with Crippen LogP contribution in [-0.2, 0) is 0 Å². The van der Waals surface area contributed by atoms with Crippen molar-refractivity contribution in [3.05, 3.63) is 0 Å². The first-order valence-corrected chi connectivity index (χ1v) is 11.1. The first-order valence-electron chi connectivity index (χ1n) is 10.3. The third kappa shape index (κ3) is 20.4. The van der Waals surface area contributed by atoms with E-state index < -0.39 is 0 Å². The highest BCUT2D eigenvalue weighted by atomic mass is 31.0. The van der Waals surface area contributed by atoms with Crippen molar-refractivity contribution in [3.63, 3.8) is 0 Å². The van der Waals surface area contributed by atoms with Crippen LogP contribution in [0.4, 0.5) is 0 Å². The van der Waals surface area contributed by atoms with E-state index in [1.165, 1.54) is 109 Å². The molecule has 0 saturated carbocycles. The summed E-state index contributed by atoms with van der Waals surface area (Å²) < 4.78 is 0. The number of unbranched alkanes of at least 4 members (excludes halogenated alkanes) is 14. The molecule has 0 nitrogen and oxygen atoms in total. The highest BCUT2D eigenvalue weighted by Crippen LogP contribution is 2.22. The third-order valence-electron chi connectivity index (χ3n) is 4.63. The monoisotopic (exact) mass is 328 g/mol. The Kier molecular flexibility index (Phi) is 16.6. The molecule has 1 atom stereocenters. The van der Waals surface area contributed by atoms with Crippen LogP contribution in [0.25, 0.3) is 0 Å². The van der Waals surface area contributed by atoms with Gasteiger partial charge < -0.3 is 0 Å². The lowest BCUT2D eigenvalue weighted by Crippen LogP contribution is -2.03. The van der Waals surface area contributed by atoms with Crippen LogP contribution >= 0.6 is 9.24 Å².